The number of nitrogens with zero attached hydrogens (tertiary/aromatic N) is 8. The summed E-state index contributed by atoms with van der Waals surface area (Å²) in [4.78, 5) is 15.1. The molecule has 0 bridgehead atoms. The molecule has 9 nitrogen and oxygen atoms in total. The summed E-state index contributed by atoms with van der Waals surface area (Å²) >= 11 is 0. The van der Waals surface area contributed by atoms with E-state index < -0.39 is 0 Å². The lowest BCUT2D eigenvalue weighted by Gasteiger charge is -2.24. The molecule has 0 N–H and O–H groups in total. The molecule has 30 heavy (non-hydrogen) atoms. The first kappa shape index (κ1) is 18.3. The Morgan fingerprint density at radius 2 is 1.87 bits per heavy atom. The Kier molecular flexibility index (Phi) is 4.05. The maximum Gasteiger partial charge on any atom is 0.254 e. The zero-order valence-electron chi connectivity index (χ0n) is 17.1. The van der Waals surface area contributed by atoms with Gasteiger partial charge < -0.3 is 9.47 Å². The number of fused-ring (bicyclic) bond motifs is 1. The van der Waals surface area contributed by atoms with Crippen LogP contribution in [-0.2, 0) is 18.6 Å². The lowest BCUT2D eigenvalue weighted by molar-refractivity contribution is 0.0748. The molecule has 5 rings (SSSR count). The van der Waals surface area contributed by atoms with Crippen molar-refractivity contribution >= 4 is 5.91 Å². The van der Waals surface area contributed by atoms with Gasteiger partial charge in [-0.15, -0.1) is 5.10 Å². The number of aromatic nitrogens is 7. The molecule has 0 fully saturated rings. The SMILES string of the molecule is CC(C)(C)n1nc2c(c1-n1cccc1)CN(C(=O)c1cccc(-n3cnnn3)c1)C2. The highest BCUT2D eigenvalue weighted by molar-refractivity contribution is 5.95. The largest absolute Gasteiger partial charge is 0.328 e. The monoisotopic (exact) mass is 402 g/mol. The molecule has 0 saturated carbocycles. The first-order valence-corrected chi connectivity index (χ1v) is 9.79. The number of tetrazole rings is 1. The van der Waals surface area contributed by atoms with Crippen molar-refractivity contribution in [3.05, 3.63) is 71.9 Å². The Morgan fingerprint density at radius 1 is 1.07 bits per heavy atom. The van der Waals surface area contributed by atoms with Gasteiger partial charge in [0.05, 0.1) is 30.0 Å². The predicted molar refractivity (Wildman–Crippen MR) is 109 cm³/mol. The van der Waals surface area contributed by atoms with Crippen LogP contribution in [0, 0.1) is 0 Å². The number of hydrogen-bond donors (Lipinski definition) is 0. The molecule has 1 aromatic carbocycles. The molecule has 4 aromatic rings. The molecule has 9 heteroatoms. The number of rotatable bonds is 3. The van der Waals surface area contributed by atoms with E-state index in [1.54, 1.807) is 6.07 Å². The molecule has 0 unspecified atom stereocenters. The third-order valence-electron chi connectivity index (χ3n) is 5.21. The van der Waals surface area contributed by atoms with Crippen LogP contribution in [0.3, 0.4) is 0 Å². The minimum absolute atomic E-state index is 0.0383. The highest BCUT2D eigenvalue weighted by Crippen LogP contribution is 2.32. The topological polar surface area (TPSA) is 86.7 Å². The number of benzene rings is 1. The van der Waals surface area contributed by atoms with Crippen LogP contribution in [0.4, 0.5) is 0 Å². The second-order valence-electron chi connectivity index (χ2n) is 8.39. The first-order valence-electron chi connectivity index (χ1n) is 9.79. The van der Waals surface area contributed by atoms with Crippen molar-refractivity contribution in [2.24, 2.45) is 0 Å². The predicted octanol–water partition coefficient (Wildman–Crippen LogP) is 2.56. The zero-order valence-corrected chi connectivity index (χ0v) is 17.1. The van der Waals surface area contributed by atoms with E-state index in [0.717, 1.165) is 22.8 Å². The maximum absolute atomic E-state index is 13.2. The number of carbonyl (C=O) groups excluding carboxylic acids is 1. The second-order valence-corrected chi connectivity index (χ2v) is 8.39. The van der Waals surface area contributed by atoms with E-state index in [2.05, 4.69) is 45.5 Å². The summed E-state index contributed by atoms with van der Waals surface area (Å²) in [5, 5.41) is 16.1. The van der Waals surface area contributed by atoms with Gasteiger partial charge in [-0.25, -0.2) is 9.36 Å². The van der Waals surface area contributed by atoms with Crippen LogP contribution in [-0.4, -0.2) is 45.4 Å². The molecule has 3 aromatic heterocycles. The fourth-order valence-corrected chi connectivity index (χ4v) is 3.80. The van der Waals surface area contributed by atoms with E-state index in [1.165, 1.54) is 11.0 Å². The summed E-state index contributed by atoms with van der Waals surface area (Å²) in [7, 11) is 0. The van der Waals surface area contributed by atoms with Crippen LogP contribution < -0.4 is 0 Å². The van der Waals surface area contributed by atoms with Gasteiger partial charge in [0.15, 0.2) is 0 Å². The lowest BCUT2D eigenvalue weighted by atomic mass is 10.1. The zero-order chi connectivity index (χ0) is 20.9. The van der Waals surface area contributed by atoms with Gasteiger partial charge in [0, 0.05) is 23.5 Å². The van der Waals surface area contributed by atoms with Gasteiger partial charge in [0.2, 0.25) is 0 Å². The van der Waals surface area contributed by atoms with Crippen molar-refractivity contribution < 1.29 is 4.79 Å². The van der Waals surface area contributed by atoms with Crippen molar-refractivity contribution in [3.8, 4) is 11.5 Å². The van der Waals surface area contributed by atoms with Gasteiger partial charge in [0.1, 0.15) is 12.1 Å². The van der Waals surface area contributed by atoms with Crippen LogP contribution in [0.15, 0.2) is 55.1 Å². The summed E-state index contributed by atoms with van der Waals surface area (Å²) in [6.45, 7) is 7.41. The van der Waals surface area contributed by atoms with Gasteiger partial charge in [-0.3, -0.25) is 4.79 Å². The molecular formula is C21H22N8O. The van der Waals surface area contributed by atoms with Crippen molar-refractivity contribution in [1.82, 2.24) is 39.5 Å². The molecule has 0 saturated heterocycles. The Morgan fingerprint density at radius 3 is 2.57 bits per heavy atom. The molecule has 4 heterocycles. The van der Waals surface area contributed by atoms with E-state index >= 15 is 0 Å². The van der Waals surface area contributed by atoms with Crippen LogP contribution >= 0.6 is 0 Å². The summed E-state index contributed by atoms with van der Waals surface area (Å²) in [6.07, 6.45) is 5.53. The number of amides is 1. The Hall–Kier alpha value is -3.75. The Labute approximate surface area is 173 Å². The van der Waals surface area contributed by atoms with Crippen molar-refractivity contribution in [2.45, 2.75) is 39.4 Å². The Balaban J connectivity index is 1.47. The van der Waals surface area contributed by atoms with Crippen LogP contribution in [0.2, 0.25) is 0 Å². The number of carbonyl (C=O) groups is 1. The smallest absolute Gasteiger partial charge is 0.254 e. The van der Waals surface area contributed by atoms with Crippen molar-refractivity contribution in [3.63, 3.8) is 0 Å². The van der Waals surface area contributed by atoms with Crippen LogP contribution in [0.5, 0.6) is 0 Å². The maximum atomic E-state index is 13.2. The molecule has 0 radical (unpaired) electrons. The molecule has 1 aliphatic rings. The Bertz CT molecular complexity index is 1200. The highest BCUT2D eigenvalue weighted by Gasteiger charge is 2.34. The molecule has 0 atom stereocenters. The highest BCUT2D eigenvalue weighted by atomic mass is 16.2. The minimum atomic E-state index is -0.168. The fraction of sp³-hybridized carbons (Fsp3) is 0.286. The van der Waals surface area contributed by atoms with Crippen molar-refractivity contribution in [2.75, 3.05) is 0 Å². The third kappa shape index (κ3) is 2.99. The summed E-state index contributed by atoms with van der Waals surface area (Å²) < 4.78 is 5.66. The van der Waals surface area contributed by atoms with E-state index in [1.807, 2.05) is 47.6 Å². The average molecular weight is 402 g/mol. The van der Waals surface area contributed by atoms with Gasteiger partial charge in [-0.2, -0.15) is 5.10 Å². The summed E-state index contributed by atoms with van der Waals surface area (Å²) in [5.74, 6) is 0.976. The molecule has 152 valence electrons. The van der Waals surface area contributed by atoms with E-state index in [4.69, 9.17) is 5.10 Å². The van der Waals surface area contributed by atoms with E-state index in [9.17, 15) is 4.79 Å². The van der Waals surface area contributed by atoms with Crippen LogP contribution in [0.1, 0.15) is 42.4 Å². The summed E-state index contributed by atoms with van der Waals surface area (Å²) in [5.41, 5.74) is 3.21. The standard InChI is InChI=1S/C21H22N8O/c1-21(2,3)29-19(26-9-4-5-10-26)17-12-27(13-18(17)23-29)20(30)15-7-6-8-16(11-15)28-14-22-24-25-28/h4-11,14H,12-13H2,1-3H3. The van der Waals surface area contributed by atoms with Gasteiger partial charge >= 0.3 is 0 Å². The van der Waals surface area contributed by atoms with Gasteiger partial charge in [-0.05, 0) is 61.5 Å². The van der Waals surface area contributed by atoms with E-state index in [0.29, 0.717) is 18.7 Å². The molecule has 1 amide bonds. The molecular weight excluding hydrogens is 380 g/mol. The average Bonchev–Trinajstić information content (AvgIpc) is 3.50. The fourth-order valence-electron chi connectivity index (χ4n) is 3.80. The second kappa shape index (κ2) is 6.65. The lowest BCUT2D eigenvalue weighted by Crippen LogP contribution is -2.29. The van der Waals surface area contributed by atoms with Gasteiger partial charge in [0.25, 0.3) is 5.91 Å². The van der Waals surface area contributed by atoms with E-state index in [-0.39, 0.29) is 11.4 Å². The third-order valence-corrected chi connectivity index (χ3v) is 5.21. The summed E-state index contributed by atoms with van der Waals surface area (Å²) in [6, 6.07) is 11.3. The molecule has 1 aliphatic heterocycles. The quantitative estimate of drug-likeness (QED) is 0.526. The normalized spacial score (nSPS) is 13.6. The molecule has 0 aliphatic carbocycles. The molecule has 0 spiro atoms. The van der Waals surface area contributed by atoms with Crippen LogP contribution in [0.25, 0.3) is 11.5 Å². The van der Waals surface area contributed by atoms with Gasteiger partial charge in [-0.1, -0.05) is 6.07 Å². The number of hydrogen-bond acceptors (Lipinski definition) is 5. The first-order chi connectivity index (χ1) is 14.4. The van der Waals surface area contributed by atoms with Crippen molar-refractivity contribution in [1.29, 1.82) is 0 Å². The minimum Gasteiger partial charge on any atom is -0.328 e.